The maximum atomic E-state index is 11.9. The van der Waals surface area contributed by atoms with Crippen molar-refractivity contribution < 1.29 is 4.79 Å². The first-order chi connectivity index (χ1) is 8.81. The van der Waals surface area contributed by atoms with Crippen LogP contribution in [0.3, 0.4) is 0 Å². The lowest BCUT2D eigenvalue weighted by Crippen LogP contribution is -2.42. The lowest BCUT2D eigenvalue weighted by Gasteiger charge is -2.25. The van der Waals surface area contributed by atoms with E-state index in [1.165, 1.54) is 10.4 Å². The first kappa shape index (κ1) is 16.1. The summed E-state index contributed by atoms with van der Waals surface area (Å²) in [4.78, 5) is 19.1. The molecule has 0 aliphatic carbocycles. The Morgan fingerprint density at radius 1 is 1.21 bits per heavy atom. The van der Waals surface area contributed by atoms with E-state index in [0.29, 0.717) is 0 Å². The van der Waals surface area contributed by atoms with E-state index in [4.69, 9.17) is 0 Å². The van der Waals surface area contributed by atoms with Crippen molar-refractivity contribution in [1.82, 2.24) is 14.7 Å². The summed E-state index contributed by atoms with van der Waals surface area (Å²) in [6.07, 6.45) is 0. The third-order valence-electron chi connectivity index (χ3n) is 3.07. The Balaban J connectivity index is 2.59. The van der Waals surface area contributed by atoms with Gasteiger partial charge in [0, 0.05) is 32.1 Å². The Hall–Kier alpha value is -0.910. The van der Waals surface area contributed by atoms with Crippen molar-refractivity contribution in [2.75, 3.05) is 35.2 Å². The van der Waals surface area contributed by atoms with Crippen molar-refractivity contribution in [3.8, 4) is 0 Å². The third-order valence-corrected chi connectivity index (χ3v) is 4.04. The van der Waals surface area contributed by atoms with Crippen LogP contribution in [0.5, 0.6) is 0 Å². The van der Waals surface area contributed by atoms with Crippen LogP contribution >= 0.6 is 11.3 Å². The number of rotatable bonds is 6. The van der Waals surface area contributed by atoms with E-state index < -0.39 is 0 Å². The number of amides is 1. The van der Waals surface area contributed by atoms with E-state index in [1.54, 1.807) is 30.3 Å². The number of carbonyl (C=O) groups is 1. The van der Waals surface area contributed by atoms with Crippen LogP contribution in [0.25, 0.3) is 0 Å². The van der Waals surface area contributed by atoms with Gasteiger partial charge in [0.15, 0.2) is 0 Å². The van der Waals surface area contributed by atoms with Gasteiger partial charge in [-0.25, -0.2) is 0 Å². The molecule has 5 heteroatoms. The zero-order valence-electron chi connectivity index (χ0n) is 12.8. The van der Waals surface area contributed by atoms with Crippen LogP contribution in [0, 0.1) is 0 Å². The van der Waals surface area contributed by atoms with E-state index in [2.05, 4.69) is 35.3 Å². The molecule has 0 aliphatic heterocycles. The average molecular weight is 283 g/mol. The second-order valence-electron chi connectivity index (χ2n) is 5.48. The van der Waals surface area contributed by atoms with Gasteiger partial charge in [-0.1, -0.05) is 0 Å². The molecule has 0 bridgehead atoms. The molecule has 108 valence electrons. The normalized spacial score (nSPS) is 13.1. The third kappa shape index (κ3) is 4.93. The molecule has 1 atom stereocenters. The van der Waals surface area contributed by atoms with E-state index in [-0.39, 0.29) is 11.9 Å². The average Bonchev–Trinajstić information content (AvgIpc) is 2.73. The summed E-state index contributed by atoms with van der Waals surface area (Å²) in [6, 6.07) is 2.14. The smallest absolute Gasteiger partial charge is 0.239 e. The summed E-state index contributed by atoms with van der Waals surface area (Å²) in [5, 5.41) is 2.20. The van der Waals surface area contributed by atoms with Crippen LogP contribution in [0.2, 0.25) is 0 Å². The fourth-order valence-electron chi connectivity index (χ4n) is 1.90. The minimum atomic E-state index is -0.0885. The van der Waals surface area contributed by atoms with Gasteiger partial charge >= 0.3 is 0 Å². The maximum Gasteiger partial charge on any atom is 0.239 e. The van der Waals surface area contributed by atoms with Gasteiger partial charge in [0.2, 0.25) is 5.91 Å². The number of nitrogens with zero attached hydrogens (tertiary/aromatic N) is 3. The highest BCUT2D eigenvalue weighted by Gasteiger charge is 2.20. The first-order valence-corrected chi connectivity index (χ1v) is 7.31. The van der Waals surface area contributed by atoms with Crippen LogP contribution in [0.15, 0.2) is 11.4 Å². The predicted molar refractivity (Wildman–Crippen MR) is 81.3 cm³/mol. The number of carbonyl (C=O) groups excluding carboxylic acids is 1. The van der Waals surface area contributed by atoms with E-state index in [0.717, 1.165) is 13.1 Å². The molecule has 0 fully saturated rings. The molecule has 0 saturated heterocycles. The van der Waals surface area contributed by atoms with Gasteiger partial charge in [0.25, 0.3) is 0 Å². The molecule has 1 aromatic rings. The van der Waals surface area contributed by atoms with Crippen molar-refractivity contribution in [2.45, 2.75) is 26.1 Å². The molecule has 1 unspecified atom stereocenters. The first-order valence-electron chi connectivity index (χ1n) is 6.43. The zero-order valence-corrected chi connectivity index (χ0v) is 13.6. The number of thiophene rings is 1. The van der Waals surface area contributed by atoms with Crippen LogP contribution in [0.4, 0.5) is 0 Å². The second-order valence-corrected chi connectivity index (χ2v) is 6.48. The Kier molecular flexibility index (Phi) is 5.97. The van der Waals surface area contributed by atoms with Gasteiger partial charge in [-0.05, 0) is 45.1 Å². The number of hydrogen-bond acceptors (Lipinski definition) is 4. The van der Waals surface area contributed by atoms with Crippen LogP contribution in [-0.4, -0.2) is 61.9 Å². The molecule has 19 heavy (non-hydrogen) atoms. The Morgan fingerprint density at radius 3 is 2.37 bits per heavy atom. The number of hydrogen-bond donors (Lipinski definition) is 0. The summed E-state index contributed by atoms with van der Waals surface area (Å²) >= 11 is 1.76. The predicted octanol–water partition coefficient (Wildman–Crippen LogP) is 1.72. The molecule has 0 radical (unpaired) electrons. The molecule has 0 aliphatic rings. The molecule has 1 heterocycles. The molecule has 0 saturated carbocycles. The van der Waals surface area contributed by atoms with Gasteiger partial charge in [-0.3, -0.25) is 9.69 Å². The molecular weight excluding hydrogens is 258 g/mol. The van der Waals surface area contributed by atoms with E-state index in [9.17, 15) is 4.79 Å². The highest BCUT2D eigenvalue weighted by atomic mass is 32.1. The van der Waals surface area contributed by atoms with Gasteiger partial charge < -0.3 is 9.80 Å². The van der Waals surface area contributed by atoms with Crippen molar-refractivity contribution in [3.05, 3.63) is 21.9 Å². The summed E-state index contributed by atoms with van der Waals surface area (Å²) < 4.78 is 0. The van der Waals surface area contributed by atoms with Gasteiger partial charge in [-0.15, -0.1) is 11.3 Å². The summed E-state index contributed by atoms with van der Waals surface area (Å²) in [7, 11) is 9.74. The van der Waals surface area contributed by atoms with Crippen molar-refractivity contribution in [3.63, 3.8) is 0 Å². The molecule has 0 spiro atoms. The molecule has 4 nitrogen and oxygen atoms in total. The van der Waals surface area contributed by atoms with Gasteiger partial charge in [0.1, 0.15) is 0 Å². The van der Waals surface area contributed by atoms with Gasteiger partial charge in [-0.2, -0.15) is 0 Å². The fraction of sp³-hybridized carbons (Fsp3) is 0.643. The lowest BCUT2D eigenvalue weighted by atomic mass is 10.2. The summed E-state index contributed by atoms with van der Waals surface area (Å²) in [6.45, 7) is 3.74. The second kappa shape index (κ2) is 7.03. The van der Waals surface area contributed by atoms with Gasteiger partial charge in [0.05, 0.1) is 6.04 Å². The van der Waals surface area contributed by atoms with E-state index >= 15 is 0 Å². The van der Waals surface area contributed by atoms with E-state index in [1.807, 2.05) is 14.0 Å². The minimum absolute atomic E-state index is 0.0885. The molecule has 0 aromatic carbocycles. The molecule has 0 N–H and O–H groups in total. The van der Waals surface area contributed by atoms with Crippen molar-refractivity contribution >= 4 is 17.2 Å². The number of likely N-dealkylation sites (N-methyl/N-ethyl adjacent to an activating group) is 2. The van der Waals surface area contributed by atoms with Crippen LogP contribution < -0.4 is 0 Å². The topological polar surface area (TPSA) is 26.8 Å². The Bertz CT molecular complexity index is 415. The SMILES string of the molecule is CC(C(=O)N(C)C)N(C)Cc1cc(CN(C)C)cs1. The summed E-state index contributed by atoms with van der Waals surface area (Å²) in [5.74, 6) is 0.146. The largest absolute Gasteiger partial charge is 0.347 e. The Labute approximate surface area is 120 Å². The highest BCUT2D eigenvalue weighted by Crippen LogP contribution is 2.18. The summed E-state index contributed by atoms with van der Waals surface area (Å²) in [5.41, 5.74) is 1.34. The Morgan fingerprint density at radius 2 is 1.84 bits per heavy atom. The standard InChI is InChI=1S/C14H25N3OS/c1-11(14(18)16(4)5)17(6)9-13-7-12(10-19-13)8-15(2)3/h7,10-11H,8-9H2,1-6H3. The molecular formula is C14H25N3OS. The van der Waals surface area contributed by atoms with Crippen molar-refractivity contribution in [1.29, 1.82) is 0 Å². The molecule has 1 aromatic heterocycles. The highest BCUT2D eigenvalue weighted by molar-refractivity contribution is 7.10. The maximum absolute atomic E-state index is 11.9. The molecule has 1 amide bonds. The quantitative estimate of drug-likeness (QED) is 0.795. The molecule has 1 rings (SSSR count). The fourth-order valence-corrected chi connectivity index (χ4v) is 2.85. The van der Waals surface area contributed by atoms with Crippen LogP contribution in [0.1, 0.15) is 17.4 Å². The van der Waals surface area contributed by atoms with Crippen LogP contribution in [-0.2, 0) is 17.9 Å². The van der Waals surface area contributed by atoms with Crippen molar-refractivity contribution in [2.24, 2.45) is 0 Å². The monoisotopic (exact) mass is 283 g/mol. The lowest BCUT2D eigenvalue weighted by molar-refractivity contribution is -0.133. The minimum Gasteiger partial charge on any atom is -0.347 e. The zero-order chi connectivity index (χ0) is 14.6.